The van der Waals surface area contributed by atoms with Crippen LogP contribution in [-0.4, -0.2) is 31.4 Å². The Bertz CT molecular complexity index is 464. The third-order valence-electron chi connectivity index (χ3n) is 3.45. The van der Waals surface area contributed by atoms with E-state index in [-0.39, 0.29) is 6.61 Å². The number of carbonyl (C=O) groups is 2. The molecular formula is C15H19NO3. The molecule has 1 saturated heterocycles. The van der Waals surface area contributed by atoms with Gasteiger partial charge in [0, 0.05) is 5.56 Å². The Morgan fingerprint density at radius 1 is 1.26 bits per heavy atom. The van der Waals surface area contributed by atoms with Gasteiger partial charge in [0.1, 0.15) is 0 Å². The van der Waals surface area contributed by atoms with Gasteiger partial charge in [-0.3, -0.25) is 4.79 Å². The Labute approximate surface area is 113 Å². The molecule has 1 heterocycles. The maximum absolute atomic E-state index is 12.1. The van der Waals surface area contributed by atoms with Gasteiger partial charge in [-0.2, -0.15) is 0 Å². The van der Waals surface area contributed by atoms with Crippen LogP contribution in [0.2, 0.25) is 0 Å². The number of benzene rings is 1. The van der Waals surface area contributed by atoms with Crippen LogP contribution in [0.4, 0.5) is 0 Å². The summed E-state index contributed by atoms with van der Waals surface area (Å²) in [6, 6.07) is 7.37. The van der Waals surface area contributed by atoms with Crippen molar-refractivity contribution in [1.82, 2.24) is 5.32 Å². The molecule has 0 spiro atoms. The summed E-state index contributed by atoms with van der Waals surface area (Å²) in [5.41, 5.74) is 1.47. The van der Waals surface area contributed by atoms with E-state index < -0.39 is 11.8 Å². The average Bonchev–Trinajstić information content (AvgIpc) is 2.47. The Kier molecular flexibility index (Phi) is 4.68. The van der Waals surface area contributed by atoms with Crippen molar-refractivity contribution in [2.24, 2.45) is 0 Å². The first-order valence-corrected chi connectivity index (χ1v) is 6.75. The second-order valence-electron chi connectivity index (χ2n) is 4.66. The van der Waals surface area contributed by atoms with Gasteiger partial charge in [-0.1, -0.05) is 24.3 Å². The number of hydrogen-bond acceptors (Lipinski definition) is 4. The fraction of sp³-hybridized carbons (Fsp3) is 0.467. The monoisotopic (exact) mass is 261 g/mol. The molecule has 1 fully saturated rings. The first-order valence-electron chi connectivity index (χ1n) is 6.75. The van der Waals surface area contributed by atoms with E-state index in [0.29, 0.717) is 11.5 Å². The number of esters is 1. The molecule has 1 aliphatic heterocycles. The van der Waals surface area contributed by atoms with Gasteiger partial charge in [0.05, 0.1) is 6.61 Å². The minimum Gasteiger partial charge on any atom is -0.460 e. The van der Waals surface area contributed by atoms with E-state index in [9.17, 15) is 9.59 Å². The molecule has 0 bridgehead atoms. The van der Waals surface area contributed by atoms with Crippen LogP contribution >= 0.6 is 0 Å². The van der Waals surface area contributed by atoms with Crippen LogP contribution in [0.25, 0.3) is 0 Å². The first-order chi connectivity index (χ1) is 9.24. The smallest absolute Gasteiger partial charge is 0.379 e. The van der Waals surface area contributed by atoms with Gasteiger partial charge >= 0.3 is 5.97 Å². The number of ketones is 1. The number of ether oxygens (including phenoxy) is 1. The summed E-state index contributed by atoms with van der Waals surface area (Å²) in [6.45, 7) is 3.82. The van der Waals surface area contributed by atoms with Gasteiger partial charge in [-0.05, 0) is 44.3 Å². The van der Waals surface area contributed by atoms with Crippen LogP contribution in [0.3, 0.4) is 0 Å². The zero-order valence-electron chi connectivity index (χ0n) is 11.1. The molecule has 0 aliphatic carbocycles. The minimum atomic E-state index is -0.760. The first kappa shape index (κ1) is 13.7. The molecule has 4 nitrogen and oxygen atoms in total. The van der Waals surface area contributed by atoms with Crippen LogP contribution in [-0.2, 0) is 9.53 Å². The standard InChI is InChI=1S/C15H19NO3/c1-2-19-15(18)14(17)13-6-4-3-5-12(13)11-7-9-16-10-8-11/h3-6,11,16H,2,7-10H2,1H3. The van der Waals surface area contributed by atoms with Gasteiger partial charge in [0.2, 0.25) is 0 Å². The molecule has 102 valence electrons. The van der Waals surface area contributed by atoms with Crippen molar-refractivity contribution >= 4 is 11.8 Å². The fourth-order valence-electron chi connectivity index (χ4n) is 2.50. The van der Waals surface area contributed by atoms with E-state index in [1.807, 2.05) is 12.1 Å². The highest BCUT2D eigenvalue weighted by Gasteiger charge is 2.25. The van der Waals surface area contributed by atoms with Crippen LogP contribution in [0, 0.1) is 0 Å². The third-order valence-corrected chi connectivity index (χ3v) is 3.45. The molecule has 4 heteroatoms. The number of rotatable bonds is 4. The topological polar surface area (TPSA) is 55.4 Å². The molecule has 1 N–H and O–H groups in total. The predicted molar refractivity (Wildman–Crippen MR) is 72.3 cm³/mol. The van der Waals surface area contributed by atoms with Gasteiger partial charge < -0.3 is 10.1 Å². The van der Waals surface area contributed by atoms with Gasteiger partial charge in [0.25, 0.3) is 5.78 Å². The van der Waals surface area contributed by atoms with Crippen LogP contribution in [0.15, 0.2) is 24.3 Å². The van der Waals surface area contributed by atoms with Crippen molar-refractivity contribution in [3.63, 3.8) is 0 Å². The maximum atomic E-state index is 12.1. The summed E-state index contributed by atoms with van der Waals surface area (Å²) >= 11 is 0. The van der Waals surface area contributed by atoms with E-state index in [2.05, 4.69) is 5.32 Å². The van der Waals surface area contributed by atoms with Crippen molar-refractivity contribution in [2.45, 2.75) is 25.7 Å². The highest BCUT2D eigenvalue weighted by molar-refractivity contribution is 6.41. The van der Waals surface area contributed by atoms with Gasteiger partial charge in [-0.25, -0.2) is 4.79 Å². The number of Topliss-reactive ketones (excluding diaryl/α,β-unsaturated/α-hetero) is 1. The zero-order valence-corrected chi connectivity index (χ0v) is 11.1. The minimum absolute atomic E-state index is 0.222. The fourth-order valence-corrected chi connectivity index (χ4v) is 2.50. The van der Waals surface area contributed by atoms with E-state index in [1.165, 1.54) is 0 Å². The van der Waals surface area contributed by atoms with Gasteiger partial charge in [-0.15, -0.1) is 0 Å². The average molecular weight is 261 g/mol. The van der Waals surface area contributed by atoms with Crippen molar-refractivity contribution in [3.8, 4) is 0 Å². The summed E-state index contributed by atoms with van der Waals surface area (Å²) in [5.74, 6) is -0.948. The molecule has 1 aromatic carbocycles. The third kappa shape index (κ3) is 3.20. The lowest BCUT2D eigenvalue weighted by Crippen LogP contribution is -2.28. The highest BCUT2D eigenvalue weighted by atomic mass is 16.5. The molecule has 0 saturated carbocycles. The second kappa shape index (κ2) is 6.48. The molecule has 0 amide bonds. The Morgan fingerprint density at radius 3 is 2.63 bits per heavy atom. The molecular weight excluding hydrogens is 242 g/mol. The SMILES string of the molecule is CCOC(=O)C(=O)c1ccccc1C1CCNCC1. The van der Waals surface area contributed by atoms with Crippen molar-refractivity contribution in [2.75, 3.05) is 19.7 Å². The number of piperidine rings is 1. The van der Waals surface area contributed by atoms with E-state index in [1.54, 1.807) is 19.1 Å². The van der Waals surface area contributed by atoms with Crippen molar-refractivity contribution in [1.29, 1.82) is 0 Å². The maximum Gasteiger partial charge on any atom is 0.379 e. The summed E-state index contributed by atoms with van der Waals surface area (Å²) < 4.78 is 4.80. The molecule has 0 aromatic heterocycles. The summed E-state index contributed by atoms with van der Waals surface area (Å²) in [4.78, 5) is 23.7. The predicted octanol–water partition coefficient (Wildman–Crippen LogP) is 1.90. The van der Waals surface area contributed by atoms with Crippen LogP contribution < -0.4 is 5.32 Å². The lowest BCUT2D eigenvalue weighted by molar-refractivity contribution is -0.137. The summed E-state index contributed by atoms with van der Waals surface area (Å²) in [7, 11) is 0. The molecule has 0 atom stereocenters. The molecule has 0 radical (unpaired) electrons. The number of hydrogen-bond donors (Lipinski definition) is 1. The van der Waals surface area contributed by atoms with Gasteiger partial charge in [0.15, 0.2) is 0 Å². The normalized spacial score (nSPS) is 16.1. The van der Waals surface area contributed by atoms with Crippen LogP contribution in [0.1, 0.15) is 41.6 Å². The summed E-state index contributed by atoms with van der Waals surface area (Å²) in [6.07, 6.45) is 1.99. The van der Waals surface area contributed by atoms with Crippen molar-refractivity contribution in [3.05, 3.63) is 35.4 Å². The Balaban J connectivity index is 2.24. The highest BCUT2D eigenvalue weighted by Crippen LogP contribution is 2.28. The second-order valence-corrected chi connectivity index (χ2v) is 4.66. The quantitative estimate of drug-likeness (QED) is 0.511. The largest absolute Gasteiger partial charge is 0.460 e. The zero-order chi connectivity index (χ0) is 13.7. The molecule has 0 unspecified atom stereocenters. The van der Waals surface area contributed by atoms with E-state index in [4.69, 9.17) is 4.74 Å². The Hall–Kier alpha value is -1.68. The molecule has 1 aromatic rings. The molecule has 2 rings (SSSR count). The van der Waals surface area contributed by atoms with Crippen molar-refractivity contribution < 1.29 is 14.3 Å². The van der Waals surface area contributed by atoms with E-state index in [0.717, 1.165) is 31.5 Å². The lowest BCUT2D eigenvalue weighted by atomic mass is 9.86. The Morgan fingerprint density at radius 2 is 1.95 bits per heavy atom. The number of carbonyl (C=O) groups excluding carboxylic acids is 2. The summed E-state index contributed by atoms with van der Waals surface area (Å²) in [5, 5.41) is 3.30. The number of nitrogens with one attached hydrogen (secondary N) is 1. The molecule has 19 heavy (non-hydrogen) atoms. The van der Waals surface area contributed by atoms with E-state index >= 15 is 0 Å². The molecule has 1 aliphatic rings. The lowest BCUT2D eigenvalue weighted by Gasteiger charge is -2.24. The van der Waals surface area contributed by atoms with Crippen LogP contribution in [0.5, 0.6) is 0 Å².